The first kappa shape index (κ1) is 18.7. The highest BCUT2D eigenvalue weighted by atomic mass is 16.5. The van der Waals surface area contributed by atoms with Crippen molar-refractivity contribution in [1.29, 1.82) is 0 Å². The molecule has 0 aromatic heterocycles. The number of esters is 1. The summed E-state index contributed by atoms with van der Waals surface area (Å²) < 4.78 is 5.09. The largest absolute Gasteiger partial charge is 0.468 e. The van der Waals surface area contributed by atoms with E-state index in [1.807, 2.05) is 0 Å². The smallest absolute Gasteiger partial charge is 0.318 e. The number of nitrogens with zero attached hydrogens (tertiary/aromatic N) is 2. The van der Waals surface area contributed by atoms with Gasteiger partial charge in [-0.2, -0.15) is 0 Å². The molecule has 8 nitrogen and oxygen atoms in total. The summed E-state index contributed by atoms with van der Waals surface area (Å²) in [5, 5.41) is 0. The van der Waals surface area contributed by atoms with Gasteiger partial charge in [0.05, 0.1) is 36.6 Å². The van der Waals surface area contributed by atoms with Crippen LogP contribution in [0, 0.1) is 29.1 Å². The van der Waals surface area contributed by atoms with Crippen LogP contribution < -0.4 is 4.90 Å². The number of hydrogen-bond acceptors (Lipinski definition) is 6. The fourth-order valence-electron chi connectivity index (χ4n) is 6.13. The highest BCUT2D eigenvalue weighted by Crippen LogP contribution is 2.62. The first-order valence-corrected chi connectivity index (χ1v) is 9.84. The third-order valence-electron chi connectivity index (χ3n) is 7.23. The predicted octanol–water partition coefficient (Wildman–Crippen LogP) is 0.567. The molecule has 2 aliphatic carbocycles. The lowest BCUT2D eigenvalue weighted by molar-refractivity contribution is -0.195. The summed E-state index contributed by atoms with van der Waals surface area (Å²) in [4.78, 5) is 67.9. The Labute approximate surface area is 172 Å². The molecular weight excluding hydrogens is 388 g/mol. The van der Waals surface area contributed by atoms with E-state index in [1.165, 1.54) is 24.2 Å². The van der Waals surface area contributed by atoms with Gasteiger partial charge < -0.3 is 9.64 Å². The molecule has 3 saturated heterocycles. The van der Waals surface area contributed by atoms with E-state index in [9.17, 15) is 24.0 Å². The van der Waals surface area contributed by atoms with E-state index >= 15 is 0 Å². The number of imide groups is 1. The number of carbonyl (C=O) groups excluding carboxylic acids is 5. The molecule has 6 rings (SSSR count). The van der Waals surface area contributed by atoms with Gasteiger partial charge in [-0.15, -0.1) is 0 Å². The van der Waals surface area contributed by atoms with Crippen LogP contribution in [-0.2, 0) is 28.7 Å². The molecule has 0 spiro atoms. The van der Waals surface area contributed by atoms with Crippen LogP contribution in [0.3, 0.4) is 0 Å². The lowest BCUT2D eigenvalue weighted by Crippen LogP contribution is -2.74. The van der Waals surface area contributed by atoms with Gasteiger partial charge in [-0.3, -0.25) is 24.0 Å². The van der Waals surface area contributed by atoms with Crippen molar-refractivity contribution < 1.29 is 28.7 Å². The molecule has 1 aromatic carbocycles. The van der Waals surface area contributed by atoms with E-state index in [4.69, 9.17) is 4.74 Å². The topological polar surface area (TPSA) is 101 Å². The van der Waals surface area contributed by atoms with E-state index in [0.717, 1.165) is 4.90 Å². The highest BCUT2D eigenvalue weighted by molar-refractivity contribution is 6.24. The Morgan fingerprint density at radius 1 is 1.00 bits per heavy atom. The van der Waals surface area contributed by atoms with Gasteiger partial charge in [-0.1, -0.05) is 24.3 Å². The van der Waals surface area contributed by atoms with E-state index in [0.29, 0.717) is 5.69 Å². The number of amides is 3. The summed E-state index contributed by atoms with van der Waals surface area (Å²) in [7, 11) is 2.79. The molecule has 30 heavy (non-hydrogen) atoms. The number of methoxy groups -OCH3 is 1. The van der Waals surface area contributed by atoms with Crippen molar-refractivity contribution in [3.05, 3.63) is 42.5 Å². The normalized spacial score (nSPS) is 36.8. The minimum atomic E-state index is -1.33. The fourth-order valence-corrected chi connectivity index (χ4v) is 6.13. The monoisotopic (exact) mass is 408 g/mol. The van der Waals surface area contributed by atoms with Crippen molar-refractivity contribution in [2.24, 2.45) is 29.1 Å². The average Bonchev–Trinajstić information content (AvgIpc) is 3.01. The second-order valence-corrected chi connectivity index (χ2v) is 8.35. The molecule has 8 heteroatoms. The first-order valence-electron chi connectivity index (χ1n) is 9.84. The number of carbonyl (C=O) groups is 5. The number of fused-ring (bicyclic) bond motifs is 1. The number of anilines is 1. The van der Waals surface area contributed by atoms with Crippen molar-refractivity contribution in [2.75, 3.05) is 19.1 Å². The van der Waals surface area contributed by atoms with Crippen LogP contribution in [0.5, 0.6) is 0 Å². The maximum absolute atomic E-state index is 13.5. The van der Waals surface area contributed by atoms with Gasteiger partial charge in [0.15, 0.2) is 5.78 Å². The third-order valence-corrected chi connectivity index (χ3v) is 7.23. The number of piperidine rings is 2. The molecule has 3 aliphatic heterocycles. The molecule has 0 N–H and O–H groups in total. The van der Waals surface area contributed by atoms with Crippen LogP contribution in [0.2, 0.25) is 0 Å². The molecule has 3 heterocycles. The summed E-state index contributed by atoms with van der Waals surface area (Å²) in [6, 6.07) is 7.65. The Hall–Kier alpha value is -3.29. The molecule has 154 valence electrons. The molecule has 6 unspecified atom stereocenters. The number of hydrogen-bond donors (Lipinski definition) is 0. The maximum Gasteiger partial charge on any atom is 0.318 e. The van der Waals surface area contributed by atoms with Crippen LogP contribution in [0.4, 0.5) is 5.69 Å². The Morgan fingerprint density at radius 2 is 1.67 bits per heavy atom. The van der Waals surface area contributed by atoms with Gasteiger partial charge in [0.1, 0.15) is 5.41 Å². The van der Waals surface area contributed by atoms with Gasteiger partial charge in [0.25, 0.3) is 0 Å². The van der Waals surface area contributed by atoms with Crippen LogP contribution in [0.1, 0.15) is 6.42 Å². The van der Waals surface area contributed by atoms with Gasteiger partial charge in [0, 0.05) is 19.4 Å². The first-order chi connectivity index (χ1) is 14.3. The molecule has 1 saturated carbocycles. The van der Waals surface area contributed by atoms with Gasteiger partial charge >= 0.3 is 5.97 Å². The molecule has 4 fully saturated rings. The van der Waals surface area contributed by atoms with Gasteiger partial charge in [-0.05, 0) is 18.2 Å². The zero-order chi connectivity index (χ0) is 21.4. The van der Waals surface area contributed by atoms with E-state index in [-0.39, 0.29) is 18.1 Å². The fraction of sp³-hybridized carbons (Fsp3) is 0.409. The van der Waals surface area contributed by atoms with Crippen LogP contribution >= 0.6 is 0 Å². The Bertz CT molecular complexity index is 1030. The zero-order valence-corrected chi connectivity index (χ0v) is 16.5. The average molecular weight is 408 g/mol. The van der Waals surface area contributed by atoms with E-state index in [2.05, 4.69) is 0 Å². The van der Waals surface area contributed by atoms with Gasteiger partial charge in [-0.25, -0.2) is 4.90 Å². The molecule has 5 aliphatic rings. The summed E-state index contributed by atoms with van der Waals surface area (Å²) in [6.45, 7) is 0. The second kappa shape index (κ2) is 6.10. The lowest BCUT2D eigenvalue weighted by atomic mass is 9.47. The quantitative estimate of drug-likeness (QED) is 0.524. The minimum absolute atomic E-state index is 0.0393. The van der Waals surface area contributed by atoms with Gasteiger partial charge in [0.2, 0.25) is 17.7 Å². The standard InChI is InChI=1S/C22H20N2O6/c1-23-17-16-15(19(27)24(20(16)28)11-6-4-3-5-7-11)14(18(23)26)13-10-12(25)8-9-22(13,17)21(29)30-2/h3-9,13-17H,10H2,1-2H3. The van der Waals surface area contributed by atoms with Crippen LogP contribution in [0.15, 0.2) is 42.5 Å². The Kier molecular flexibility index (Phi) is 3.81. The van der Waals surface area contributed by atoms with Crippen molar-refractivity contribution in [3.8, 4) is 0 Å². The van der Waals surface area contributed by atoms with Crippen LogP contribution in [-0.4, -0.2) is 54.6 Å². The lowest BCUT2D eigenvalue weighted by Gasteiger charge is -2.61. The number of ether oxygens (including phenoxy) is 1. The second-order valence-electron chi connectivity index (χ2n) is 8.35. The van der Waals surface area contributed by atoms with Crippen molar-refractivity contribution in [3.63, 3.8) is 0 Å². The number of ketones is 1. The van der Waals surface area contributed by atoms with Crippen molar-refractivity contribution in [2.45, 2.75) is 12.5 Å². The number of para-hydroxylation sites is 1. The molecule has 6 atom stereocenters. The van der Waals surface area contributed by atoms with E-state index in [1.54, 1.807) is 37.4 Å². The zero-order valence-electron chi connectivity index (χ0n) is 16.5. The summed E-state index contributed by atoms with van der Waals surface area (Å²) in [5.41, 5.74) is -0.905. The van der Waals surface area contributed by atoms with Crippen LogP contribution in [0.25, 0.3) is 0 Å². The molecule has 2 bridgehead atoms. The predicted molar refractivity (Wildman–Crippen MR) is 103 cm³/mol. The molecular formula is C22H20N2O6. The van der Waals surface area contributed by atoms with Crippen molar-refractivity contribution in [1.82, 2.24) is 4.90 Å². The molecule has 0 radical (unpaired) electrons. The third kappa shape index (κ3) is 2.03. The minimum Gasteiger partial charge on any atom is -0.468 e. The summed E-state index contributed by atoms with van der Waals surface area (Å²) in [6.07, 6.45) is 2.79. The molecule has 1 aromatic rings. The molecule has 3 amide bonds. The number of rotatable bonds is 2. The van der Waals surface area contributed by atoms with Crippen molar-refractivity contribution >= 4 is 35.2 Å². The summed E-state index contributed by atoms with van der Waals surface area (Å²) in [5.74, 6) is -5.44. The Morgan fingerprint density at radius 3 is 2.33 bits per heavy atom. The number of allylic oxidation sites excluding steroid dienone is 1. The number of benzene rings is 1. The maximum atomic E-state index is 13.5. The summed E-state index contributed by atoms with van der Waals surface area (Å²) >= 11 is 0. The SMILES string of the molecule is COC(=O)C12C=CC(=O)CC1C1C(=O)N(C)C2C2C(=O)N(c3ccccc3)C(=O)C12. The Balaban J connectivity index is 1.72. The van der Waals surface area contributed by atoms with E-state index < -0.39 is 52.9 Å². The highest BCUT2D eigenvalue weighted by Gasteiger charge is 2.76.